The summed E-state index contributed by atoms with van der Waals surface area (Å²) in [4.78, 5) is 13.8. The number of likely N-dealkylation sites (tertiary alicyclic amines) is 1. The molecular weight excluding hydrogens is 186 g/mol. The first-order valence-electron chi connectivity index (χ1n) is 5.16. The second-order valence-corrected chi connectivity index (χ2v) is 4.53. The van der Waals surface area contributed by atoms with Gasteiger partial charge in [0.25, 0.3) is 0 Å². The number of alkyl halides is 1. The van der Waals surface area contributed by atoms with Crippen molar-refractivity contribution in [1.29, 1.82) is 0 Å². The number of rotatable bonds is 2. The van der Waals surface area contributed by atoms with Gasteiger partial charge in [-0.15, -0.1) is 11.6 Å². The van der Waals surface area contributed by atoms with E-state index in [4.69, 9.17) is 11.6 Å². The minimum Gasteiger partial charge on any atom is -0.342 e. The van der Waals surface area contributed by atoms with Gasteiger partial charge in [-0.3, -0.25) is 4.79 Å². The van der Waals surface area contributed by atoms with Gasteiger partial charge in [-0.2, -0.15) is 0 Å². The van der Waals surface area contributed by atoms with Gasteiger partial charge in [-0.05, 0) is 25.2 Å². The number of carbonyl (C=O) groups is 1. The molecule has 0 aromatic rings. The lowest BCUT2D eigenvalue weighted by Gasteiger charge is -2.29. The van der Waals surface area contributed by atoms with Crippen LogP contribution in [0.5, 0.6) is 0 Å². The third kappa shape index (κ3) is 1.83. The molecule has 2 nitrogen and oxygen atoms in total. The standard InChI is InChI=1S/C10H16ClNO/c11-6-8-4-5-12(7-8)10(13)9-2-1-3-9/h8-9H,1-7H2. The zero-order valence-electron chi connectivity index (χ0n) is 7.84. The normalized spacial score (nSPS) is 29.0. The van der Waals surface area contributed by atoms with Crippen LogP contribution < -0.4 is 0 Å². The Bertz CT molecular complexity index is 203. The van der Waals surface area contributed by atoms with E-state index >= 15 is 0 Å². The summed E-state index contributed by atoms with van der Waals surface area (Å²) in [7, 11) is 0. The second-order valence-electron chi connectivity index (χ2n) is 4.22. The average Bonchev–Trinajstić information content (AvgIpc) is 2.48. The van der Waals surface area contributed by atoms with Crippen LogP contribution in [0.3, 0.4) is 0 Å². The Morgan fingerprint density at radius 3 is 2.62 bits per heavy atom. The molecule has 0 bridgehead atoms. The Morgan fingerprint density at radius 1 is 1.38 bits per heavy atom. The van der Waals surface area contributed by atoms with Crippen LogP contribution in [0.2, 0.25) is 0 Å². The molecule has 2 fully saturated rings. The zero-order valence-corrected chi connectivity index (χ0v) is 8.59. The number of hydrogen-bond acceptors (Lipinski definition) is 1. The average molecular weight is 202 g/mol. The highest BCUT2D eigenvalue weighted by atomic mass is 35.5. The van der Waals surface area contributed by atoms with Crippen molar-refractivity contribution in [3.05, 3.63) is 0 Å². The minimum atomic E-state index is 0.356. The van der Waals surface area contributed by atoms with Gasteiger partial charge in [0.2, 0.25) is 5.91 Å². The van der Waals surface area contributed by atoms with Gasteiger partial charge in [-0.1, -0.05) is 6.42 Å². The van der Waals surface area contributed by atoms with E-state index < -0.39 is 0 Å². The van der Waals surface area contributed by atoms with Gasteiger partial charge >= 0.3 is 0 Å². The highest BCUT2D eigenvalue weighted by Gasteiger charge is 2.33. The topological polar surface area (TPSA) is 20.3 Å². The van der Waals surface area contributed by atoms with Crippen LogP contribution in [-0.2, 0) is 4.79 Å². The van der Waals surface area contributed by atoms with Gasteiger partial charge in [0.1, 0.15) is 0 Å². The van der Waals surface area contributed by atoms with Crippen LogP contribution >= 0.6 is 11.6 Å². The largest absolute Gasteiger partial charge is 0.342 e. The summed E-state index contributed by atoms with van der Waals surface area (Å²) >= 11 is 5.77. The number of carbonyl (C=O) groups excluding carboxylic acids is 1. The molecule has 1 aliphatic carbocycles. The summed E-state index contributed by atoms with van der Waals surface area (Å²) in [5, 5.41) is 0. The van der Waals surface area contributed by atoms with E-state index in [9.17, 15) is 4.79 Å². The SMILES string of the molecule is O=C(C1CCC1)N1CCC(CCl)C1. The molecule has 1 heterocycles. The summed E-state index contributed by atoms with van der Waals surface area (Å²) in [6.07, 6.45) is 4.56. The maximum absolute atomic E-state index is 11.8. The van der Waals surface area contributed by atoms with E-state index in [2.05, 4.69) is 0 Å². The lowest BCUT2D eigenvalue weighted by molar-refractivity contribution is -0.137. The number of hydrogen-bond donors (Lipinski definition) is 0. The van der Waals surface area contributed by atoms with E-state index in [0.29, 0.717) is 23.6 Å². The molecule has 1 unspecified atom stereocenters. The van der Waals surface area contributed by atoms with E-state index in [1.165, 1.54) is 6.42 Å². The Morgan fingerprint density at radius 2 is 2.15 bits per heavy atom. The molecule has 1 saturated heterocycles. The quantitative estimate of drug-likeness (QED) is 0.625. The third-order valence-electron chi connectivity index (χ3n) is 3.27. The van der Waals surface area contributed by atoms with E-state index in [1.807, 2.05) is 4.90 Å². The van der Waals surface area contributed by atoms with Crippen LogP contribution in [0.4, 0.5) is 0 Å². The summed E-state index contributed by atoms with van der Waals surface area (Å²) < 4.78 is 0. The summed E-state index contributed by atoms with van der Waals surface area (Å²) in [5.41, 5.74) is 0. The molecular formula is C10H16ClNO. The van der Waals surface area contributed by atoms with Crippen molar-refractivity contribution in [3.63, 3.8) is 0 Å². The number of nitrogens with zero attached hydrogens (tertiary/aromatic N) is 1. The molecule has 2 aliphatic rings. The highest BCUT2D eigenvalue weighted by molar-refractivity contribution is 6.18. The van der Waals surface area contributed by atoms with Crippen molar-refractivity contribution < 1.29 is 4.79 Å². The lowest BCUT2D eigenvalue weighted by Crippen LogP contribution is -2.37. The van der Waals surface area contributed by atoms with Crippen LogP contribution in [0.15, 0.2) is 0 Å². The molecule has 2 rings (SSSR count). The molecule has 0 N–H and O–H groups in total. The smallest absolute Gasteiger partial charge is 0.225 e. The summed E-state index contributed by atoms with van der Waals surface area (Å²) in [6, 6.07) is 0. The number of halogens is 1. The maximum atomic E-state index is 11.8. The van der Waals surface area contributed by atoms with Crippen LogP contribution in [0.1, 0.15) is 25.7 Å². The molecule has 13 heavy (non-hydrogen) atoms. The van der Waals surface area contributed by atoms with Crippen LogP contribution in [-0.4, -0.2) is 29.8 Å². The predicted molar refractivity (Wildman–Crippen MR) is 52.7 cm³/mol. The van der Waals surface area contributed by atoms with Gasteiger partial charge in [0, 0.05) is 24.9 Å². The number of amides is 1. The monoisotopic (exact) mass is 201 g/mol. The lowest BCUT2D eigenvalue weighted by atomic mass is 9.84. The molecule has 74 valence electrons. The summed E-state index contributed by atoms with van der Waals surface area (Å²) in [5.74, 6) is 1.99. The first-order chi connectivity index (χ1) is 6.31. The second kappa shape index (κ2) is 3.87. The Labute approximate surface area is 84.2 Å². The molecule has 0 aromatic carbocycles. The first-order valence-corrected chi connectivity index (χ1v) is 5.69. The van der Waals surface area contributed by atoms with Crippen molar-refractivity contribution >= 4 is 17.5 Å². The van der Waals surface area contributed by atoms with Gasteiger partial charge in [0.05, 0.1) is 0 Å². The summed E-state index contributed by atoms with van der Waals surface area (Å²) in [6.45, 7) is 1.84. The van der Waals surface area contributed by atoms with E-state index in [0.717, 1.165) is 32.4 Å². The molecule has 1 aliphatic heterocycles. The van der Waals surface area contributed by atoms with E-state index in [1.54, 1.807) is 0 Å². The Kier molecular flexibility index (Phi) is 2.77. The molecule has 0 spiro atoms. The Balaban J connectivity index is 1.84. The van der Waals surface area contributed by atoms with E-state index in [-0.39, 0.29) is 0 Å². The minimum absolute atomic E-state index is 0.356. The van der Waals surface area contributed by atoms with Gasteiger partial charge in [0.15, 0.2) is 0 Å². The fourth-order valence-corrected chi connectivity index (χ4v) is 2.32. The van der Waals surface area contributed by atoms with Crippen LogP contribution in [0.25, 0.3) is 0 Å². The highest BCUT2D eigenvalue weighted by Crippen LogP contribution is 2.30. The van der Waals surface area contributed by atoms with Crippen LogP contribution in [0, 0.1) is 11.8 Å². The van der Waals surface area contributed by atoms with Crippen molar-refractivity contribution in [2.24, 2.45) is 11.8 Å². The van der Waals surface area contributed by atoms with Crippen molar-refractivity contribution in [2.75, 3.05) is 19.0 Å². The molecule has 0 aromatic heterocycles. The molecule has 1 saturated carbocycles. The molecule has 3 heteroatoms. The van der Waals surface area contributed by atoms with Crippen molar-refractivity contribution in [1.82, 2.24) is 4.90 Å². The van der Waals surface area contributed by atoms with Gasteiger partial charge in [-0.25, -0.2) is 0 Å². The molecule has 1 atom stereocenters. The van der Waals surface area contributed by atoms with Gasteiger partial charge < -0.3 is 4.90 Å². The van der Waals surface area contributed by atoms with Crippen molar-refractivity contribution in [3.8, 4) is 0 Å². The maximum Gasteiger partial charge on any atom is 0.225 e. The Hall–Kier alpha value is -0.240. The third-order valence-corrected chi connectivity index (χ3v) is 3.71. The van der Waals surface area contributed by atoms with Crippen molar-refractivity contribution in [2.45, 2.75) is 25.7 Å². The zero-order chi connectivity index (χ0) is 9.26. The fraction of sp³-hybridized carbons (Fsp3) is 0.900. The fourth-order valence-electron chi connectivity index (χ4n) is 2.07. The first kappa shape index (κ1) is 9.32. The molecule has 1 amide bonds. The predicted octanol–water partition coefficient (Wildman–Crippen LogP) is 1.87. The molecule has 0 radical (unpaired) electrons.